The molecule has 0 aromatic carbocycles. The number of nitrogens with two attached hydrogens (primary N) is 1. The van der Waals surface area contributed by atoms with Crippen molar-refractivity contribution in [3.8, 4) is 0 Å². The first kappa shape index (κ1) is 9.14. The van der Waals surface area contributed by atoms with E-state index in [1.54, 1.807) is 0 Å². The molecule has 0 saturated carbocycles. The van der Waals surface area contributed by atoms with Gasteiger partial charge in [0, 0.05) is 23.6 Å². The molecule has 2 nitrogen and oxygen atoms in total. The molecule has 0 aromatic heterocycles. The fraction of sp³-hybridized carbons (Fsp3) is 0.667. The molecule has 0 aliphatic rings. The monoisotopic (exact) mass is 192 g/mol. The van der Waals surface area contributed by atoms with Crippen molar-refractivity contribution in [3.63, 3.8) is 0 Å². The van der Waals surface area contributed by atoms with Crippen molar-refractivity contribution in [2.45, 2.75) is 13.0 Å². The highest BCUT2D eigenvalue weighted by Gasteiger charge is 1.95. The predicted molar refractivity (Wildman–Crippen MR) is 44.6 cm³/mol. The van der Waals surface area contributed by atoms with Crippen molar-refractivity contribution in [2.24, 2.45) is 5.73 Å². The molecule has 0 heterocycles. The molecule has 3 heteroatoms. The van der Waals surface area contributed by atoms with Gasteiger partial charge in [-0.2, -0.15) is 0 Å². The molecular weight excluding hydrogens is 180 g/mol. The van der Waals surface area contributed by atoms with Gasteiger partial charge in [-0.15, -0.1) is 0 Å². The lowest BCUT2D eigenvalue weighted by molar-refractivity contribution is 0.591. The molecule has 9 heavy (non-hydrogen) atoms. The van der Waals surface area contributed by atoms with Crippen LogP contribution in [0.15, 0.2) is 11.1 Å². The van der Waals surface area contributed by atoms with Gasteiger partial charge in [0.15, 0.2) is 0 Å². The Labute approximate surface area is 64.6 Å². The summed E-state index contributed by atoms with van der Waals surface area (Å²) < 4.78 is 0.961. The molecule has 54 valence electrons. The molecule has 0 saturated heterocycles. The largest absolute Gasteiger partial charge is 0.329 e. The van der Waals surface area contributed by atoms with Crippen LogP contribution in [0.25, 0.3) is 0 Å². The lowest BCUT2D eigenvalue weighted by Crippen LogP contribution is -2.33. The van der Waals surface area contributed by atoms with E-state index in [1.165, 1.54) is 0 Å². The van der Waals surface area contributed by atoms with Crippen LogP contribution in [0.3, 0.4) is 0 Å². The summed E-state index contributed by atoms with van der Waals surface area (Å²) in [5.41, 5.74) is 5.35. The molecule has 0 spiro atoms. The Hall–Kier alpha value is 0.140. The van der Waals surface area contributed by atoms with E-state index in [4.69, 9.17) is 5.73 Å². The molecule has 0 rings (SSSR count). The third kappa shape index (κ3) is 6.02. The Balaban J connectivity index is 3.16. The van der Waals surface area contributed by atoms with Gasteiger partial charge < -0.3 is 11.1 Å². The van der Waals surface area contributed by atoms with Gasteiger partial charge in [0.05, 0.1) is 0 Å². The van der Waals surface area contributed by atoms with Gasteiger partial charge >= 0.3 is 0 Å². The van der Waals surface area contributed by atoms with Crippen LogP contribution in [-0.4, -0.2) is 19.1 Å². The summed E-state index contributed by atoms with van der Waals surface area (Å²) in [7, 11) is 0. The van der Waals surface area contributed by atoms with Crippen LogP contribution in [-0.2, 0) is 0 Å². The highest BCUT2D eigenvalue weighted by atomic mass is 79.9. The minimum absolute atomic E-state index is 0.374. The molecule has 0 aromatic rings. The van der Waals surface area contributed by atoms with Crippen molar-refractivity contribution in [1.29, 1.82) is 0 Å². The van der Waals surface area contributed by atoms with Crippen molar-refractivity contribution in [2.75, 3.05) is 13.1 Å². The summed E-state index contributed by atoms with van der Waals surface area (Å²) in [6, 6.07) is 0.374. The SMILES string of the molecule is C=C(Br)CNC(C)CN. The minimum atomic E-state index is 0.374. The van der Waals surface area contributed by atoms with E-state index in [0.29, 0.717) is 12.6 Å². The molecule has 0 bridgehead atoms. The van der Waals surface area contributed by atoms with Crippen molar-refractivity contribution >= 4 is 15.9 Å². The maximum Gasteiger partial charge on any atom is 0.0268 e. The van der Waals surface area contributed by atoms with E-state index >= 15 is 0 Å². The molecule has 0 amide bonds. The van der Waals surface area contributed by atoms with E-state index in [9.17, 15) is 0 Å². The second kappa shape index (κ2) is 4.97. The van der Waals surface area contributed by atoms with Crippen LogP contribution >= 0.6 is 15.9 Å². The molecule has 0 radical (unpaired) electrons. The molecule has 0 fully saturated rings. The zero-order valence-electron chi connectivity index (χ0n) is 5.65. The predicted octanol–water partition coefficient (Wildman–Crippen LogP) is 0.832. The zero-order valence-corrected chi connectivity index (χ0v) is 7.24. The van der Waals surface area contributed by atoms with E-state index in [0.717, 1.165) is 11.0 Å². The zero-order chi connectivity index (χ0) is 7.28. The molecule has 1 atom stereocenters. The number of hydrogen-bond acceptors (Lipinski definition) is 2. The highest BCUT2D eigenvalue weighted by Crippen LogP contribution is 1.96. The topological polar surface area (TPSA) is 38.0 Å². The van der Waals surface area contributed by atoms with E-state index in [1.807, 2.05) is 6.92 Å². The Morgan fingerprint density at radius 2 is 2.44 bits per heavy atom. The lowest BCUT2D eigenvalue weighted by atomic mass is 10.3. The molecule has 3 N–H and O–H groups in total. The molecular formula is C6H13BrN2. The molecule has 0 aliphatic heterocycles. The third-order valence-corrected chi connectivity index (χ3v) is 1.28. The van der Waals surface area contributed by atoms with Crippen molar-refractivity contribution < 1.29 is 0 Å². The Bertz CT molecular complexity index is 93.1. The lowest BCUT2D eigenvalue weighted by Gasteiger charge is -2.08. The van der Waals surface area contributed by atoms with E-state index in [-0.39, 0.29) is 0 Å². The normalized spacial score (nSPS) is 13.2. The summed E-state index contributed by atoms with van der Waals surface area (Å²) in [4.78, 5) is 0. The van der Waals surface area contributed by atoms with Crippen LogP contribution in [0.2, 0.25) is 0 Å². The number of hydrogen-bond donors (Lipinski definition) is 2. The smallest absolute Gasteiger partial charge is 0.0268 e. The summed E-state index contributed by atoms with van der Waals surface area (Å²) in [6.45, 7) is 7.17. The number of nitrogens with one attached hydrogen (secondary N) is 1. The summed E-state index contributed by atoms with van der Waals surface area (Å²) in [5, 5.41) is 3.16. The molecule has 1 unspecified atom stereocenters. The maximum atomic E-state index is 5.35. The minimum Gasteiger partial charge on any atom is -0.329 e. The van der Waals surface area contributed by atoms with Crippen LogP contribution in [0.1, 0.15) is 6.92 Å². The Morgan fingerprint density at radius 1 is 1.89 bits per heavy atom. The van der Waals surface area contributed by atoms with E-state index in [2.05, 4.69) is 27.8 Å². The van der Waals surface area contributed by atoms with Crippen LogP contribution < -0.4 is 11.1 Å². The van der Waals surface area contributed by atoms with Crippen molar-refractivity contribution in [3.05, 3.63) is 11.1 Å². The van der Waals surface area contributed by atoms with Gasteiger partial charge in [0.2, 0.25) is 0 Å². The van der Waals surface area contributed by atoms with Crippen LogP contribution in [0.5, 0.6) is 0 Å². The van der Waals surface area contributed by atoms with Gasteiger partial charge in [-0.1, -0.05) is 22.5 Å². The fourth-order valence-electron chi connectivity index (χ4n) is 0.368. The van der Waals surface area contributed by atoms with Gasteiger partial charge in [0.25, 0.3) is 0 Å². The number of halogens is 1. The fourth-order valence-corrected chi connectivity index (χ4v) is 0.530. The highest BCUT2D eigenvalue weighted by molar-refractivity contribution is 9.11. The first-order valence-corrected chi connectivity index (χ1v) is 3.73. The summed E-state index contributed by atoms with van der Waals surface area (Å²) in [6.07, 6.45) is 0. The Kier molecular flexibility index (Phi) is 5.04. The second-order valence-electron chi connectivity index (χ2n) is 2.03. The van der Waals surface area contributed by atoms with E-state index < -0.39 is 0 Å². The second-order valence-corrected chi connectivity index (χ2v) is 3.16. The van der Waals surface area contributed by atoms with Crippen LogP contribution in [0.4, 0.5) is 0 Å². The summed E-state index contributed by atoms with van der Waals surface area (Å²) >= 11 is 3.23. The van der Waals surface area contributed by atoms with Crippen LogP contribution in [0, 0.1) is 0 Å². The van der Waals surface area contributed by atoms with Gasteiger partial charge in [-0.05, 0) is 6.92 Å². The average molecular weight is 193 g/mol. The first-order chi connectivity index (χ1) is 4.16. The standard InChI is InChI=1S/C6H13BrN2/c1-5(7)4-9-6(2)3-8/h6,9H,1,3-4,8H2,2H3. The molecule has 0 aliphatic carbocycles. The quantitative estimate of drug-likeness (QED) is 0.694. The van der Waals surface area contributed by atoms with Gasteiger partial charge in [-0.3, -0.25) is 0 Å². The third-order valence-electron chi connectivity index (χ3n) is 0.996. The van der Waals surface area contributed by atoms with Gasteiger partial charge in [0.1, 0.15) is 0 Å². The van der Waals surface area contributed by atoms with Gasteiger partial charge in [-0.25, -0.2) is 0 Å². The van der Waals surface area contributed by atoms with Crippen molar-refractivity contribution in [1.82, 2.24) is 5.32 Å². The Morgan fingerprint density at radius 3 is 2.78 bits per heavy atom. The first-order valence-electron chi connectivity index (χ1n) is 2.93. The summed E-state index contributed by atoms with van der Waals surface area (Å²) in [5.74, 6) is 0. The number of rotatable bonds is 4. The average Bonchev–Trinajstić information content (AvgIpc) is 1.83. The maximum absolute atomic E-state index is 5.35.